The van der Waals surface area contributed by atoms with Gasteiger partial charge in [-0.3, -0.25) is 4.90 Å². The Balaban J connectivity index is 2.40. The zero-order valence-corrected chi connectivity index (χ0v) is 7.32. The number of hydrogen-bond donors (Lipinski definition) is 0. The van der Waals surface area contributed by atoms with E-state index in [0.717, 1.165) is 0 Å². The Hall–Kier alpha value is -0.180. The standard InChI is InChI=1S/C8H15F2N/c1-7(2,3)11-5-8(10,4-9)6-11/h4-6H2,1-3H3. The van der Waals surface area contributed by atoms with Gasteiger partial charge in [-0.2, -0.15) is 0 Å². The first-order valence-electron chi connectivity index (χ1n) is 3.87. The van der Waals surface area contributed by atoms with Crippen LogP contribution in [0.15, 0.2) is 0 Å². The van der Waals surface area contributed by atoms with Crippen molar-refractivity contribution in [1.82, 2.24) is 4.90 Å². The third-order valence-corrected chi connectivity index (χ3v) is 2.14. The van der Waals surface area contributed by atoms with Crippen molar-refractivity contribution >= 4 is 0 Å². The highest BCUT2D eigenvalue weighted by Crippen LogP contribution is 2.31. The fourth-order valence-corrected chi connectivity index (χ4v) is 1.20. The molecule has 0 aromatic carbocycles. The van der Waals surface area contributed by atoms with Crippen molar-refractivity contribution in [2.75, 3.05) is 19.8 Å². The van der Waals surface area contributed by atoms with Gasteiger partial charge < -0.3 is 0 Å². The Morgan fingerprint density at radius 2 is 1.82 bits per heavy atom. The third-order valence-electron chi connectivity index (χ3n) is 2.14. The van der Waals surface area contributed by atoms with Crippen LogP contribution in [0.3, 0.4) is 0 Å². The Kier molecular flexibility index (Phi) is 1.95. The predicted octanol–water partition coefficient (Wildman–Crippen LogP) is 1.78. The van der Waals surface area contributed by atoms with E-state index in [-0.39, 0.29) is 18.6 Å². The van der Waals surface area contributed by atoms with E-state index < -0.39 is 12.3 Å². The predicted molar refractivity (Wildman–Crippen MR) is 41.1 cm³/mol. The van der Waals surface area contributed by atoms with Gasteiger partial charge in [0.2, 0.25) is 0 Å². The molecule has 0 aromatic rings. The molecule has 0 unspecified atom stereocenters. The summed E-state index contributed by atoms with van der Waals surface area (Å²) >= 11 is 0. The molecular formula is C8H15F2N. The van der Waals surface area contributed by atoms with Crippen LogP contribution < -0.4 is 0 Å². The van der Waals surface area contributed by atoms with Crippen LogP contribution in [-0.4, -0.2) is 35.9 Å². The first-order valence-corrected chi connectivity index (χ1v) is 3.87. The van der Waals surface area contributed by atoms with Crippen molar-refractivity contribution in [1.29, 1.82) is 0 Å². The van der Waals surface area contributed by atoms with Crippen molar-refractivity contribution in [3.05, 3.63) is 0 Å². The summed E-state index contributed by atoms with van der Waals surface area (Å²) in [5.74, 6) is 0. The van der Waals surface area contributed by atoms with Gasteiger partial charge in [-0.15, -0.1) is 0 Å². The lowest BCUT2D eigenvalue weighted by Crippen LogP contribution is -2.65. The van der Waals surface area contributed by atoms with Crippen LogP contribution in [0, 0.1) is 0 Å². The summed E-state index contributed by atoms with van der Waals surface area (Å²) in [5.41, 5.74) is -1.57. The van der Waals surface area contributed by atoms with E-state index in [0.29, 0.717) is 0 Å². The van der Waals surface area contributed by atoms with Gasteiger partial charge in [0.25, 0.3) is 0 Å². The summed E-state index contributed by atoms with van der Waals surface area (Å²) < 4.78 is 25.0. The second kappa shape index (κ2) is 2.41. The van der Waals surface area contributed by atoms with Crippen molar-refractivity contribution in [2.24, 2.45) is 0 Å². The molecule has 1 aliphatic heterocycles. The molecule has 0 N–H and O–H groups in total. The second-order valence-electron chi connectivity index (χ2n) is 4.31. The minimum absolute atomic E-state index is 0.0231. The van der Waals surface area contributed by atoms with Gasteiger partial charge in [0.1, 0.15) is 6.67 Å². The van der Waals surface area contributed by atoms with Crippen LogP contribution in [0.4, 0.5) is 8.78 Å². The average Bonchev–Trinajstić information content (AvgIpc) is 1.78. The van der Waals surface area contributed by atoms with Gasteiger partial charge in [-0.25, -0.2) is 8.78 Å². The van der Waals surface area contributed by atoms with Crippen molar-refractivity contribution < 1.29 is 8.78 Å². The molecule has 0 atom stereocenters. The molecule has 3 heteroatoms. The average molecular weight is 163 g/mol. The van der Waals surface area contributed by atoms with Gasteiger partial charge in [-0.1, -0.05) is 0 Å². The van der Waals surface area contributed by atoms with Crippen LogP contribution in [0.2, 0.25) is 0 Å². The van der Waals surface area contributed by atoms with Gasteiger partial charge in [0.15, 0.2) is 5.67 Å². The van der Waals surface area contributed by atoms with Crippen LogP contribution >= 0.6 is 0 Å². The van der Waals surface area contributed by atoms with Crippen LogP contribution in [0.5, 0.6) is 0 Å². The Labute approximate surface area is 66.4 Å². The molecule has 0 saturated carbocycles. The van der Waals surface area contributed by atoms with E-state index in [1.54, 1.807) is 0 Å². The summed E-state index contributed by atoms with van der Waals surface area (Å²) in [6, 6.07) is 0. The van der Waals surface area contributed by atoms with E-state index in [9.17, 15) is 8.78 Å². The summed E-state index contributed by atoms with van der Waals surface area (Å²) in [4.78, 5) is 1.94. The molecule has 0 amide bonds. The van der Waals surface area contributed by atoms with Crippen molar-refractivity contribution in [2.45, 2.75) is 32.0 Å². The van der Waals surface area contributed by atoms with E-state index in [1.165, 1.54) is 0 Å². The fourth-order valence-electron chi connectivity index (χ4n) is 1.20. The zero-order valence-electron chi connectivity index (χ0n) is 7.32. The lowest BCUT2D eigenvalue weighted by Gasteiger charge is -2.50. The highest BCUT2D eigenvalue weighted by Gasteiger charge is 2.47. The molecule has 11 heavy (non-hydrogen) atoms. The summed E-state index contributed by atoms with van der Waals surface area (Å²) in [6.45, 7) is 5.65. The number of halogens is 2. The van der Waals surface area contributed by atoms with Gasteiger partial charge in [0.05, 0.1) is 0 Å². The molecule has 1 heterocycles. The number of rotatable bonds is 1. The molecule has 1 saturated heterocycles. The largest absolute Gasteiger partial charge is 0.292 e. The summed E-state index contributed by atoms with van der Waals surface area (Å²) in [7, 11) is 0. The molecule has 0 bridgehead atoms. The number of alkyl halides is 2. The molecule has 0 radical (unpaired) electrons. The first-order chi connectivity index (χ1) is 4.87. The summed E-state index contributed by atoms with van der Waals surface area (Å²) in [6.07, 6.45) is 0. The zero-order chi connectivity index (χ0) is 8.70. The lowest BCUT2D eigenvalue weighted by molar-refractivity contribution is -0.0901. The van der Waals surface area contributed by atoms with E-state index in [1.807, 2.05) is 25.7 Å². The molecule has 1 nitrogen and oxygen atoms in total. The third kappa shape index (κ3) is 1.70. The van der Waals surface area contributed by atoms with Crippen LogP contribution in [0.25, 0.3) is 0 Å². The molecule has 66 valence electrons. The van der Waals surface area contributed by atoms with Gasteiger partial charge >= 0.3 is 0 Å². The molecule has 1 fully saturated rings. The van der Waals surface area contributed by atoms with E-state index >= 15 is 0 Å². The van der Waals surface area contributed by atoms with E-state index in [2.05, 4.69) is 0 Å². The monoisotopic (exact) mass is 163 g/mol. The maximum absolute atomic E-state index is 13.0. The van der Waals surface area contributed by atoms with Crippen molar-refractivity contribution in [3.8, 4) is 0 Å². The lowest BCUT2D eigenvalue weighted by atomic mass is 9.91. The van der Waals surface area contributed by atoms with E-state index in [4.69, 9.17) is 0 Å². The van der Waals surface area contributed by atoms with Gasteiger partial charge in [0, 0.05) is 18.6 Å². The molecule has 0 aromatic heterocycles. The first kappa shape index (κ1) is 8.91. The van der Waals surface area contributed by atoms with Gasteiger partial charge in [-0.05, 0) is 20.8 Å². The molecular weight excluding hydrogens is 148 g/mol. The van der Waals surface area contributed by atoms with Crippen LogP contribution in [-0.2, 0) is 0 Å². The summed E-state index contributed by atoms with van der Waals surface area (Å²) in [5, 5.41) is 0. The van der Waals surface area contributed by atoms with Crippen LogP contribution in [0.1, 0.15) is 20.8 Å². The van der Waals surface area contributed by atoms with Crippen molar-refractivity contribution in [3.63, 3.8) is 0 Å². The maximum Gasteiger partial charge on any atom is 0.164 e. The normalized spacial score (nSPS) is 24.8. The fraction of sp³-hybridized carbons (Fsp3) is 1.00. The molecule has 0 spiro atoms. The molecule has 1 aliphatic rings. The number of likely N-dealkylation sites (tertiary alicyclic amines) is 1. The topological polar surface area (TPSA) is 3.24 Å². The molecule has 1 rings (SSSR count). The minimum Gasteiger partial charge on any atom is -0.292 e. The minimum atomic E-state index is -1.55. The Morgan fingerprint density at radius 1 is 1.36 bits per heavy atom. The SMILES string of the molecule is CC(C)(C)N1CC(F)(CF)C1. The smallest absolute Gasteiger partial charge is 0.164 e. The Bertz CT molecular complexity index is 145. The second-order valence-corrected chi connectivity index (χ2v) is 4.31. The number of nitrogens with zero attached hydrogens (tertiary/aromatic N) is 1. The number of hydrogen-bond acceptors (Lipinski definition) is 1. The Morgan fingerprint density at radius 3 is 2.09 bits per heavy atom. The highest BCUT2D eigenvalue weighted by atomic mass is 19.2. The maximum atomic E-state index is 13.0. The quantitative estimate of drug-likeness (QED) is 0.569. The highest BCUT2D eigenvalue weighted by molar-refractivity contribution is 5.00. The molecule has 0 aliphatic carbocycles.